The standard InChI is InChI=1S/C20H22N2O2/c1-15(11-18-7-5-4-6-8-18)13-21-22-20(23)14-24-19-10-9-16(2)17(3)12-19/h4-13H,14H2,1-3H3,(H,22,23)/b15-11-,21-13-. The molecule has 0 saturated carbocycles. The number of hydrazone groups is 1. The summed E-state index contributed by atoms with van der Waals surface area (Å²) in [4.78, 5) is 11.7. The first-order valence-electron chi connectivity index (χ1n) is 7.80. The van der Waals surface area contributed by atoms with E-state index in [4.69, 9.17) is 4.74 Å². The minimum Gasteiger partial charge on any atom is -0.484 e. The van der Waals surface area contributed by atoms with Gasteiger partial charge in [-0.05, 0) is 55.2 Å². The average molecular weight is 322 g/mol. The zero-order valence-electron chi connectivity index (χ0n) is 14.2. The third-order valence-electron chi connectivity index (χ3n) is 3.50. The third-order valence-corrected chi connectivity index (χ3v) is 3.50. The van der Waals surface area contributed by atoms with Crippen LogP contribution in [-0.4, -0.2) is 18.7 Å². The molecule has 0 radical (unpaired) electrons. The molecule has 4 heteroatoms. The smallest absolute Gasteiger partial charge is 0.277 e. The summed E-state index contributed by atoms with van der Waals surface area (Å²) in [7, 11) is 0. The van der Waals surface area contributed by atoms with Crippen LogP contribution >= 0.6 is 0 Å². The monoisotopic (exact) mass is 322 g/mol. The molecule has 0 unspecified atom stereocenters. The molecule has 0 heterocycles. The number of ether oxygens (including phenoxy) is 1. The summed E-state index contributed by atoms with van der Waals surface area (Å²) < 4.78 is 5.46. The highest BCUT2D eigenvalue weighted by Gasteiger charge is 2.02. The second kappa shape index (κ2) is 8.67. The maximum Gasteiger partial charge on any atom is 0.277 e. The van der Waals surface area contributed by atoms with Crippen molar-refractivity contribution in [2.45, 2.75) is 20.8 Å². The molecule has 0 aromatic heterocycles. The number of hydrogen-bond donors (Lipinski definition) is 1. The molecule has 0 aliphatic heterocycles. The van der Waals surface area contributed by atoms with Crippen LogP contribution in [0.1, 0.15) is 23.6 Å². The quantitative estimate of drug-likeness (QED) is 0.648. The third kappa shape index (κ3) is 5.72. The molecule has 1 amide bonds. The molecular formula is C20H22N2O2. The van der Waals surface area contributed by atoms with Crippen molar-refractivity contribution in [2.24, 2.45) is 5.10 Å². The molecule has 0 bridgehead atoms. The van der Waals surface area contributed by atoms with Crippen LogP contribution in [0.5, 0.6) is 5.75 Å². The Bertz CT molecular complexity index is 749. The number of rotatable bonds is 6. The Hall–Kier alpha value is -2.88. The zero-order valence-corrected chi connectivity index (χ0v) is 14.2. The van der Waals surface area contributed by atoms with Crippen LogP contribution < -0.4 is 10.2 Å². The maximum absolute atomic E-state index is 11.7. The van der Waals surface area contributed by atoms with Crippen LogP contribution in [0.4, 0.5) is 0 Å². The van der Waals surface area contributed by atoms with Crippen molar-refractivity contribution in [3.63, 3.8) is 0 Å². The predicted octanol–water partition coefficient (Wildman–Crippen LogP) is 3.89. The average Bonchev–Trinajstić information content (AvgIpc) is 2.57. The number of hydrogen-bond acceptors (Lipinski definition) is 3. The lowest BCUT2D eigenvalue weighted by Gasteiger charge is -2.07. The van der Waals surface area contributed by atoms with Gasteiger partial charge in [-0.15, -0.1) is 0 Å². The second-order valence-corrected chi connectivity index (χ2v) is 5.63. The second-order valence-electron chi connectivity index (χ2n) is 5.63. The number of nitrogens with zero attached hydrogens (tertiary/aromatic N) is 1. The number of aryl methyl sites for hydroxylation is 2. The molecular weight excluding hydrogens is 300 g/mol. The fraction of sp³-hybridized carbons (Fsp3) is 0.200. The van der Waals surface area contributed by atoms with Gasteiger partial charge in [0.15, 0.2) is 6.61 Å². The number of carbonyl (C=O) groups excluding carboxylic acids is 1. The number of nitrogens with one attached hydrogen (secondary N) is 1. The highest BCUT2D eigenvalue weighted by atomic mass is 16.5. The van der Waals surface area contributed by atoms with Crippen LogP contribution in [-0.2, 0) is 4.79 Å². The zero-order chi connectivity index (χ0) is 17.4. The van der Waals surface area contributed by atoms with E-state index in [-0.39, 0.29) is 12.5 Å². The van der Waals surface area contributed by atoms with Crippen molar-refractivity contribution in [1.29, 1.82) is 0 Å². The molecule has 124 valence electrons. The fourth-order valence-corrected chi connectivity index (χ4v) is 2.04. The van der Waals surface area contributed by atoms with Gasteiger partial charge in [0, 0.05) is 0 Å². The molecule has 0 aliphatic rings. The van der Waals surface area contributed by atoms with E-state index in [9.17, 15) is 4.79 Å². The van der Waals surface area contributed by atoms with Gasteiger partial charge in [-0.2, -0.15) is 5.10 Å². The van der Waals surface area contributed by atoms with Crippen LogP contribution in [0.3, 0.4) is 0 Å². The van der Waals surface area contributed by atoms with E-state index in [0.717, 1.165) is 16.7 Å². The Balaban J connectivity index is 1.80. The fourth-order valence-electron chi connectivity index (χ4n) is 2.04. The summed E-state index contributed by atoms with van der Waals surface area (Å²) >= 11 is 0. The van der Waals surface area contributed by atoms with Gasteiger partial charge in [0.25, 0.3) is 5.91 Å². The van der Waals surface area contributed by atoms with E-state index in [2.05, 4.69) is 10.5 Å². The van der Waals surface area contributed by atoms with Crippen LogP contribution in [0.15, 0.2) is 59.2 Å². The largest absolute Gasteiger partial charge is 0.484 e. The van der Waals surface area contributed by atoms with E-state index in [1.165, 1.54) is 5.56 Å². The van der Waals surface area contributed by atoms with E-state index in [1.54, 1.807) is 6.21 Å². The van der Waals surface area contributed by atoms with Gasteiger partial charge in [-0.1, -0.05) is 42.5 Å². The molecule has 0 aliphatic carbocycles. The summed E-state index contributed by atoms with van der Waals surface area (Å²) in [6.45, 7) is 5.90. The summed E-state index contributed by atoms with van der Waals surface area (Å²) in [6.07, 6.45) is 3.60. The maximum atomic E-state index is 11.7. The van der Waals surface area contributed by atoms with Gasteiger partial charge in [0.2, 0.25) is 0 Å². The van der Waals surface area contributed by atoms with Crippen molar-refractivity contribution in [3.8, 4) is 5.75 Å². The van der Waals surface area contributed by atoms with Crippen molar-refractivity contribution < 1.29 is 9.53 Å². The number of allylic oxidation sites excluding steroid dienone is 1. The highest BCUT2D eigenvalue weighted by Crippen LogP contribution is 2.16. The number of benzene rings is 2. The first-order valence-corrected chi connectivity index (χ1v) is 7.80. The topological polar surface area (TPSA) is 50.7 Å². The minimum atomic E-state index is -0.294. The van der Waals surface area contributed by atoms with Crippen LogP contribution in [0.25, 0.3) is 6.08 Å². The van der Waals surface area contributed by atoms with Crippen molar-refractivity contribution in [3.05, 3.63) is 70.8 Å². The van der Waals surface area contributed by atoms with Crippen molar-refractivity contribution >= 4 is 18.2 Å². The first-order chi connectivity index (χ1) is 11.5. The Morgan fingerprint density at radius 1 is 1.12 bits per heavy atom. The molecule has 0 saturated heterocycles. The van der Waals surface area contributed by atoms with Gasteiger partial charge in [-0.25, -0.2) is 5.43 Å². The van der Waals surface area contributed by atoms with E-state index in [1.807, 2.05) is 75.4 Å². The molecule has 0 atom stereocenters. The summed E-state index contributed by atoms with van der Waals surface area (Å²) in [5.41, 5.74) is 6.81. The molecule has 2 aromatic rings. The van der Waals surface area contributed by atoms with Crippen molar-refractivity contribution in [2.75, 3.05) is 6.61 Å². The highest BCUT2D eigenvalue weighted by molar-refractivity contribution is 5.86. The molecule has 2 rings (SSSR count). The Labute approximate surface area is 142 Å². The first kappa shape index (κ1) is 17.5. The Kier molecular flexibility index (Phi) is 6.32. The molecule has 0 fully saturated rings. The number of amides is 1. The predicted molar refractivity (Wildman–Crippen MR) is 98.1 cm³/mol. The SMILES string of the molecule is CC(/C=N\NC(=O)COc1ccc(C)c(C)c1)=C/c1ccccc1. The van der Waals surface area contributed by atoms with Gasteiger partial charge >= 0.3 is 0 Å². The number of carbonyl (C=O) groups is 1. The Morgan fingerprint density at radius 3 is 2.58 bits per heavy atom. The molecule has 4 nitrogen and oxygen atoms in total. The van der Waals surface area contributed by atoms with Gasteiger partial charge in [0.05, 0.1) is 6.21 Å². The van der Waals surface area contributed by atoms with E-state index < -0.39 is 0 Å². The normalized spacial score (nSPS) is 11.5. The summed E-state index contributed by atoms with van der Waals surface area (Å²) in [5, 5.41) is 3.94. The van der Waals surface area contributed by atoms with E-state index in [0.29, 0.717) is 5.75 Å². The molecule has 24 heavy (non-hydrogen) atoms. The minimum absolute atomic E-state index is 0.0682. The van der Waals surface area contributed by atoms with Gasteiger partial charge in [-0.3, -0.25) is 4.79 Å². The van der Waals surface area contributed by atoms with E-state index >= 15 is 0 Å². The van der Waals surface area contributed by atoms with Gasteiger partial charge < -0.3 is 4.74 Å². The lowest BCUT2D eigenvalue weighted by Crippen LogP contribution is -2.24. The lowest BCUT2D eigenvalue weighted by atomic mass is 10.1. The summed E-state index contributed by atoms with van der Waals surface area (Å²) in [6, 6.07) is 15.7. The van der Waals surface area contributed by atoms with Crippen LogP contribution in [0, 0.1) is 13.8 Å². The van der Waals surface area contributed by atoms with Gasteiger partial charge in [0.1, 0.15) is 5.75 Å². The molecule has 1 N–H and O–H groups in total. The van der Waals surface area contributed by atoms with Crippen LogP contribution in [0.2, 0.25) is 0 Å². The van der Waals surface area contributed by atoms with Crippen molar-refractivity contribution in [1.82, 2.24) is 5.43 Å². The molecule has 2 aromatic carbocycles. The summed E-state index contributed by atoms with van der Waals surface area (Å²) in [5.74, 6) is 0.384. The molecule has 0 spiro atoms. The lowest BCUT2D eigenvalue weighted by molar-refractivity contribution is -0.123. The Morgan fingerprint density at radius 2 is 1.88 bits per heavy atom.